The molecule has 0 saturated carbocycles. The van der Waals surface area contributed by atoms with Crippen molar-refractivity contribution in [3.63, 3.8) is 0 Å². The summed E-state index contributed by atoms with van der Waals surface area (Å²) >= 11 is 6.05. The zero-order valence-corrected chi connectivity index (χ0v) is 17.3. The quantitative estimate of drug-likeness (QED) is 0.421. The maximum absolute atomic E-state index is 13.7. The molecule has 0 aliphatic rings. The molecule has 0 fully saturated rings. The highest BCUT2D eigenvalue weighted by atomic mass is 35.5. The second-order valence-electron chi connectivity index (χ2n) is 7.05. The molecule has 31 heavy (non-hydrogen) atoms. The van der Waals surface area contributed by atoms with Crippen LogP contribution in [0.3, 0.4) is 0 Å². The van der Waals surface area contributed by atoms with Crippen molar-refractivity contribution in [1.29, 1.82) is 0 Å². The number of aromatic nitrogens is 2. The van der Waals surface area contributed by atoms with Crippen molar-refractivity contribution >= 4 is 34.0 Å². The first-order chi connectivity index (χ1) is 14.5. The molecule has 2 heterocycles. The zero-order valence-electron chi connectivity index (χ0n) is 16.6. The SMILES string of the molecule is COCC(C)Nc1cc2c(cn1)cc(-c1cc(N)c(F)cc1Cl)c(=O)n2CC(F)(F)F. The van der Waals surface area contributed by atoms with Gasteiger partial charge in [0, 0.05) is 41.9 Å². The van der Waals surface area contributed by atoms with Crippen LogP contribution in [-0.4, -0.2) is 35.5 Å². The first-order valence-corrected chi connectivity index (χ1v) is 9.48. The average Bonchev–Trinajstić information content (AvgIpc) is 2.66. The lowest BCUT2D eigenvalue weighted by atomic mass is 10.0. The Morgan fingerprint density at radius 2 is 1.97 bits per heavy atom. The normalized spacial score (nSPS) is 12.9. The fourth-order valence-corrected chi connectivity index (χ4v) is 3.45. The number of halogens is 5. The first kappa shape index (κ1) is 22.8. The molecule has 0 aliphatic heterocycles. The maximum atomic E-state index is 13.7. The highest BCUT2D eigenvalue weighted by molar-refractivity contribution is 6.33. The molecule has 0 radical (unpaired) electrons. The standard InChI is InChI=1S/C20H19ClF4N4O2/c1-10(8-31-2)28-18-6-17-11(7-27-18)3-13(19(30)29(17)9-20(23,24)25)12-4-16(26)15(22)5-14(12)21/h3-7,10H,8-9,26H2,1-2H3,(H,27,28). The second-order valence-corrected chi connectivity index (χ2v) is 7.45. The zero-order chi connectivity index (χ0) is 22.9. The van der Waals surface area contributed by atoms with Crippen molar-refractivity contribution in [1.82, 2.24) is 9.55 Å². The molecule has 2 aromatic heterocycles. The van der Waals surface area contributed by atoms with Crippen molar-refractivity contribution in [2.45, 2.75) is 25.7 Å². The number of alkyl halides is 3. The number of nitrogen functional groups attached to an aromatic ring is 1. The number of anilines is 2. The van der Waals surface area contributed by atoms with Gasteiger partial charge < -0.3 is 15.8 Å². The van der Waals surface area contributed by atoms with Gasteiger partial charge in [0.1, 0.15) is 18.2 Å². The van der Waals surface area contributed by atoms with E-state index in [-0.39, 0.29) is 44.6 Å². The van der Waals surface area contributed by atoms with Gasteiger partial charge in [-0.05, 0) is 25.1 Å². The van der Waals surface area contributed by atoms with Crippen LogP contribution in [0.5, 0.6) is 0 Å². The molecule has 1 unspecified atom stereocenters. The summed E-state index contributed by atoms with van der Waals surface area (Å²) in [6.07, 6.45) is -3.32. The van der Waals surface area contributed by atoms with E-state index in [0.717, 1.165) is 12.1 Å². The molecule has 0 aliphatic carbocycles. The first-order valence-electron chi connectivity index (χ1n) is 9.11. The number of nitrogens with one attached hydrogen (secondary N) is 1. The van der Waals surface area contributed by atoms with Crippen LogP contribution in [-0.2, 0) is 11.3 Å². The van der Waals surface area contributed by atoms with E-state index in [1.165, 1.54) is 25.4 Å². The van der Waals surface area contributed by atoms with Crippen LogP contribution < -0.4 is 16.6 Å². The number of nitrogens with zero attached hydrogens (tertiary/aromatic N) is 2. The van der Waals surface area contributed by atoms with Crippen LogP contribution in [0.1, 0.15) is 6.92 Å². The van der Waals surface area contributed by atoms with Crippen LogP contribution in [0.25, 0.3) is 22.0 Å². The van der Waals surface area contributed by atoms with Gasteiger partial charge >= 0.3 is 6.18 Å². The van der Waals surface area contributed by atoms with Gasteiger partial charge in [0.15, 0.2) is 0 Å². The van der Waals surface area contributed by atoms with Crippen LogP contribution in [0.4, 0.5) is 29.1 Å². The highest BCUT2D eigenvalue weighted by Crippen LogP contribution is 2.32. The van der Waals surface area contributed by atoms with Crippen LogP contribution in [0, 0.1) is 5.82 Å². The van der Waals surface area contributed by atoms with E-state index in [2.05, 4.69) is 10.3 Å². The minimum Gasteiger partial charge on any atom is -0.396 e. The lowest BCUT2D eigenvalue weighted by Crippen LogP contribution is -2.29. The third kappa shape index (κ3) is 5.08. The van der Waals surface area contributed by atoms with E-state index in [0.29, 0.717) is 11.2 Å². The molecule has 3 aromatic rings. The van der Waals surface area contributed by atoms with Gasteiger partial charge in [-0.25, -0.2) is 9.37 Å². The summed E-state index contributed by atoms with van der Waals surface area (Å²) < 4.78 is 59.1. The Kier molecular flexibility index (Phi) is 6.42. The van der Waals surface area contributed by atoms with Gasteiger partial charge in [-0.15, -0.1) is 0 Å². The number of methoxy groups -OCH3 is 1. The molecule has 3 rings (SSSR count). The van der Waals surface area contributed by atoms with E-state index in [9.17, 15) is 22.4 Å². The van der Waals surface area contributed by atoms with Crippen molar-refractivity contribution in [2.75, 3.05) is 24.8 Å². The lowest BCUT2D eigenvalue weighted by Gasteiger charge is -2.18. The molecule has 0 amide bonds. The highest BCUT2D eigenvalue weighted by Gasteiger charge is 2.30. The third-order valence-electron chi connectivity index (χ3n) is 4.50. The summed E-state index contributed by atoms with van der Waals surface area (Å²) in [6.45, 7) is 0.627. The summed E-state index contributed by atoms with van der Waals surface area (Å²) in [5.41, 5.74) is 4.24. The smallest absolute Gasteiger partial charge is 0.396 e. The Labute approximate surface area is 179 Å². The van der Waals surface area contributed by atoms with Crippen molar-refractivity contribution < 1.29 is 22.3 Å². The van der Waals surface area contributed by atoms with Crippen molar-refractivity contribution in [3.05, 3.63) is 51.7 Å². The van der Waals surface area contributed by atoms with Gasteiger partial charge in [-0.3, -0.25) is 9.36 Å². The Bertz CT molecular complexity index is 1180. The third-order valence-corrected chi connectivity index (χ3v) is 4.82. The lowest BCUT2D eigenvalue weighted by molar-refractivity contribution is -0.140. The van der Waals surface area contributed by atoms with Gasteiger partial charge in [0.2, 0.25) is 0 Å². The summed E-state index contributed by atoms with van der Waals surface area (Å²) in [4.78, 5) is 17.3. The van der Waals surface area contributed by atoms with E-state index in [1.807, 2.05) is 6.92 Å². The molecule has 166 valence electrons. The second kappa shape index (κ2) is 8.72. The van der Waals surface area contributed by atoms with E-state index in [4.69, 9.17) is 22.1 Å². The molecule has 0 bridgehead atoms. The largest absolute Gasteiger partial charge is 0.406 e. The molecule has 0 saturated heterocycles. The van der Waals surface area contributed by atoms with Crippen LogP contribution >= 0.6 is 11.6 Å². The van der Waals surface area contributed by atoms with Crippen LogP contribution in [0.15, 0.2) is 35.3 Å². The summed E-state index contributed by atoms with van der Waals surface area (Å²) in [7, 11) is 1.52. The number of hydrogen-bond donors (Lipinski definition) is 2. The number of rotatable bonds is 6. The summed E-state index contributed by atoms with van der Waals surface area (Å²) in [5, 5.41) is 3.12. The van der Waals surface area contributed by atoms with E-state index >= 15 is 0 Å². The van der Waals surface area contributed by atoms with Gasteiger partial charge in [-0.2, -0.15) is 13.2 Å². The predicted octanol–water partition coefficient (Wildman–Crippen LogP) is 4.45. The van der Waals surface area contributed by atoms with Gasteiger partial charge in [0.05, 0.1) is 22.8 Å². The number of benzene rings is 1. The predicted molar refractivity (Wildman–Crippen MR) is 112 cm³/mol. The van der Waals surface area contributed by atoms with Crippen molar-refractivity contribution in [2.24, 2.45) is 0 Å². The average molecular weight is 459 g/mol. The number of pyridine rings is 2. The molecule has 1 atom stereocenters. The van der Waals surface area contributed by atoms with E-state index < -0.39 is 24.1 Å². The molecule has 6 nitrogen and oxygen atoms in total. The Morgan fingerprint density at radius 1 is 1.26 bits per heavy atom. The summed E-state index contributed by atoms with van der Waals surface area (Å²) in [5.74, 6) is -0.517. The van der Waals surface area contributed by atoms with E-state index in [1.54, 1.807) is 0 Å². The number of ether oxygens (including phenoxy) is 1. The minimum atomic E-state index is -4.67. The number of fused-ring (bicyclic) bond motifs is 1. The fourth-order valence-electron chi connectivity index (χ4n) is 3.20. The number of hydrogen-bond acceptors (Lipinski definition) is 5. The maximum Gasteiger partial charge on any atom is 0.406 e. The van der Waals surface area contributed by atoms with Gasteiger partial charge in [-0.1, -0.05) is 11.6 Å². The minimum absolute atomic E-state index is 0.0271. The molecule has 1 aromatic carbocycles. The molecular formula is C20H19ClF4N4O2. The summed E-state index contributed by atoms with van der Waals surface area (Å²) in [6, 6.07) is 4.58. The molecule has 11 heteroatoms. The van der Waals surface area contributed by atoms with Crippen LogP contribution in [0.2, 0.25) is 5.02 Å². The Morgan fingerprint density at radius 3 is 2.61 bits per heavy atom. The number of nitrogens with two attached hydrogens (primary N) is 1. The Balaban J connectivity index is 2.24. The molecule has 3 N–H and O–H groups in total. The van der Waals surface area contributed by atoms with Crippen molar-refractivity contribution in [3.8, 4) is 11.1 Å². The topological polar surface area (TPSA) is 82.2 Å². The monoisotopic (exact) mass is 458 g/mol. The Hall–Kier alpha value is -2.85. The van der Waals surface area contributed by atoms with Gasteiger partial charge in [0.25, 0.3) is 5.56 Å². The molecule has 0 spiro atoms. The molecular weight excluding hydrogens is 440 g/mol. The fraction of sp³-hybridized carbons (Fsp3) is 0.300.